The van der Waals surface area contributed by atoms with Crippen molar-refractivity contribution in [1.29, 1.82) is 0 Å². The van der Waals surface area contributed by atoms with Crippen molar-refractivity contribution in [2.24, 2.45) is 0 Å². The second-order valence-electron chi connectivity index (χ2n) is 5.76. The molecule has 0 amide bonds. The van der Waals surface area contributed by atoms with Crippen molar-refractivity contribution in [3.8, 4) is 5.75 Å². The van der Waals surface area contributed by atoms with Gasteiger partial charge in [0.15, 0.2) is 0 Å². The predicted molar refractivity (Wildman–Crippen MR) is 75.0 cm³/mol. The van der Waals surface area contributed by atoms with E-state index in [2.05, 4.69) is 26.1 Å². The molecular formula is C15H24FNO2. The van der Waals surface area contributed by atoms with Gasteiger partial charge in [0, 0.05) is 25.3 Å². The van der Waals surface area contributed by atoms with Gasteiger partial charge >= 0.3 is 0 Å². The molecule has 0 aromatic heterocycles. The van der Waals surface area contributed by atoms with Crippen LogP contribution in [0.15, 0.2) is 18.2 Å². The summed E-state index contributed by atoms with van der Waals surface area (Å²) in [7, 11) is 1.62. The van der Waals surface area contributed by atoms with E-state index in [0.29, 0.717) is 18.9 Å². The lowest BCUT2D eigenvalue weighted by molar-refractivity contribution is 0.0715. The molecular weight excluding hydrogens is 245 g/mol. The first-order valence-corrected chi connectivity index (χ1v) is 6.50. The van der Waals surface area contributed by atoms with Crippen LogP contribution in [-0.2, 0) is 11.3 Å². The first-order chi connectivity index (χ1) is 8.80. The topological polar surface area (TPSA) is 30.5 Å². The lowest BCUT2D eigenvalue weighted by Crippen LogP contribution is -2.35. The first-order valence-electron chi connectivity index (χ1n) is 6.50. The lowest BCUT2D eigenvalue weighted by Gasteiger charge is -2.21. The van der Waals surface area contributed by atoms with Crippen molar-refractivity contribution in [1.82, 2.24) is 5.32 Å². The molecule has 0 saturated heterocycles. The van der Waals surface area contributed by atoms with Crippen molar-refractivity contribution in [2.45, 2.75) is 45.9 Å². The zero-order valence-electron chi connectivity index (χ0n) is 12.4. The molecule has 0 aliphatic carbocycles. The highest BCUT2D eigenvalue weighted by Crippen LogP contribution is 2.17. The minimum atomic E-state index is -0.284. The molecule has 1 atom stereocenters. The van der Waals surface area contributed by atoms with Crippen molar-refractivity contribution in [3.63, 3.8) is 0 Å². The third-order valence-corrected chi connectivity index (χ3v) is 2.64. The standard InChI is InChI=1S/C15H24FNO2/c1-11(18-5)10-19-14-7-12(6-13(16)8-14)9-17-15(2,3)4/h6-8,11,17H,9-10H2,1-5H3. The number of hydrogen-bond donors (Lipinski definition) is 1. The molecule has 1 N–H and O–H groups in total. The number of halogens is 1. The summed E-state index contributed by atoms with van der Waals surface area (Å²) >= 11 is 0. The van der Waals surface area contributed by atoms with Gasteiger partial charge in [-0.25, -0.2) is 4.39 Å². The van der Waals surface area contributed by atoms with Crippen LogP contribution in [0.5, 0.6) is 5.75 Å². The summed E-state index contributed by atoms with van der Waals surface area (Å²) in [4.78, 5) is 0. The first kappa shape index (κ1) is 15.9. The summed E-state index contributed by atoms with van der Waals surface area (Å²) in [6.07, 6.45) is -0.0144. The van der Waals surface area contributed by atoms with E-state index in [1.54, 1.807) is 7.11 Å². The number of hydrogen-bond acceptors (Lipinski definition) is 3. The van der Waals surface area contributed by atoms with Gasteiger partial charge in [0.2, 0.25) is 0 Å². The second kappa shape index (κ2) is 6.87. The van der Waals surface area contributed by atoms with Crippen LogP contribution in [0.4, 0.5) is 4.39 Å². The van der Waals surface area contributed by atoms with Gasteiger partial charge in [0.1, 0.15) is 18.2 Å². The van der Waals surface area contributed by atoms with Crippen LogP contribution < -0.4 is 10.1 Å². The number of methoxy groups -OCH3 is 1. The van der Waals surface area contributed by atoms with Gasteiger partial charge in [-0.1, -0.05) is 0 Å². The van der Waals surface area contributed by atoms with Gasteiger partial charge in [-0.3, -0.25) is 0 Å². The van der Waals surface area contributed by atoms with E-state index in [9.17, 15) is 4.39 Å². The maximum Gasteiger partial charge on any atom is 0.127 e. The Morgan fingerprint density at radius 3 is 2.53 bits per heavy atom. The highest BCUT2D eigenvalue weighted by atomic mass is 19.1. The fraction of sp³-hybridized carbons (Fsp3) is 0.600. The molecule has 0 aliphatic rings. The van der Waals surface area contributed by atoms with Crippen LogP contribution in [0, 0.1) is 5.82 Å². The third-order valence-electron chi connectivity index (χ3n) is 2.64. The third kappa shape index (κ3) is 6.55. The number of benzene rings is 1. The fourth-order valence-electron chi connectivity index (χ4n) is 1.45. The van der Waals surface area contributed by atoms with E-state index >= 15 is 0 Å². The van der Waals surface area contributed by atoms with Crippen molar-refractivity contribution in [3.05, 3.63) is 29.6 Å². The lowest BCUT2D eigenvalue weighted by atomic mass is 10.1. The molecule has 19 heavy (non-hydrogen) atoms. The Labute approximate surface area is 115 Å². The zero-order chi connectivity index (χ0) is 14.5. The summed E-state index contributed by atoms with van der Waals surface area (Å²) in [5.41, 5.74) is 0.868. The normalized spacial score (nSPS) is 13.4. The summed E-state index contributed by atoms with van der Waals surface area (Å²) in [6, 6.07) is 4.76. The van der Waals surface area contributed by atoms with E-state index in [4.69, 9.17) is 9.47 Å². The maximum absolute atomic E-state index is 13.5. The van der Waals surface area contributed by atoms with E-state index in [1.807, 2.05) is 13.0 Å². The van der Waals surface area contributed by atoms with Crippen LogP contribution in [-0.4, -0.2) is 25.4 Å². The van der Waals surface area contributed by atoms with E-state index in [0.717, 1.165) is 5.56 Å². The monoisotopic (exact) mass is 269 g/mol. The van der Waals surface area contributed by atoms with Crippen molar-refractivity contribution < 1.29 is 13.9 Å². The molecule has 1 aromatic rings. The van der Waals surface area contributed by atoms with Crippen LogP contribution in [0.25, 0.3) is 0 Å². The molecule has 1 aromatic carbocycles. The average molecular weight is 269 g/mol. The molecule has 0 aliphatic heterocycles. The molecule has 1 rings (SSSR count). The molecule has 0 fully saturated rings. The van der Waals surface area contributed by atoms with Gasteiger partial charge in [0.25, 0.3) is 0 Å². The van der Waals surface area contributed by atoms with E-state index in [-0.39, 0.29) is 17.5 Å². The van der Waals surface area contributed by atoms with Crippen LogP contribution in [0.2, 0.25) is 0 Å². The summed E-state index contributed by atoms with van der Waals surface area (Å²) in [5, 5.41) is 3.32. The van der Waals surface area contributed by atoms with Crippen molar-refractivity contribution in [2.75, 3.05) is 13.7 Å². The number of nitrogens with one attached hydrogen (secondary N) is 1. The quantitative estimate of drug-likeness (QED) is 0.860. The van der Waals surface area contributed by atoms with E-state index < -0.39 is 0 Å². The molecule has 0 spiro atoms. The van der Waals surface area contributed by atoms with Gasteiger partial charge in [-0.15, -0.1) is 0 Å². The SMILES string of the molecule is COC(C)COc1cc(F)cc(CNC(C)(C)C)c1. The highest BCUT2D eigenvalue weighted by Gasteiger charge is 2.10. The van der Waals surface area contributed by atoms with Crippen LogP contribution in [0.3, 0.4) is 0 Å². The zero-order valence-corrected chi connectivity index (χ0v) is 12.4. The van der Waals surface area contributed by atoms with Gasteiger partial charge in [-0.2, -0.15) is 0 Å². The second-order valence-corrected chi connectivity index (χ2v) is 5.76. The van der Waals surface area contributed by atoms with Gasteiger partial charge < -0.3 is 14.8 Å². The number of ether oxygens (including phenoxy) is 2. The summed E-state index contributed by atoms with van der Waals surface area (Å²) < 4.78 is 24.1. The highest BCUT2D eigenvalue weighted by molar-refractivity contribution is 5.29. The minimum Gasteiger partial charge on any atom is -0.491 e. The number of rotatable bonds is 6. The maximum atomic E-state index is 13.5. The largest absolute Gasteiger partial charge is 0.491 e. The van der Waals surface area contributed by atoms with Crippen LogP contribution in [0.1, 0.15) is 33.3 Å². The Morgan fingerprint density at radius 2 is 1.95 bits per heavy atom. The molecule has 0 bridgehead atoms. The Morgan fingerprint density at radius 1 is 1.26 bits per heavy atom. The molecule has 3 nitrogen and oxygen atoms in total. The Kier molecular flexibility index (Phi) is 5.76. The Balaban J connectivity index is 2.66. The average Bonchev–Trinajstić information content (AvgIpc) is 2.32. The molecule has 108 valence electrons. The van der Waals surface area contributed by atoms with E-state index in [1.165, 1.54) is 12.1 Å². The van der Waals surface area contributed by atoms with Crippen LogP contribution >= 0.6 is 0 Å². The summed E-state index contributed by atoms with van der Waals surface area (Å²) in [5.74, 6) is 0.253. The minimum absolute atomic E-state index is 0.00208. The molecule has 0 radical (unpaired) electrons. The Bertz CT molecular complexity index is 402. The van der Waals surface area contributed by atoms with Crippen molar-refractivity contribution >= 4 is 0 Å². The smallest absolute Gasteiger partial charge is 0.127 e. The summed E-state index contributed by atoms with van der Waals surface area (Å²) in [6.45, 7) is 9.14. The molecule has 1 unspecified atom stereocenters. The van der Waals surface area contributed by atoms with Gasteiger partial charge in [-0.05, 0) is 45.4 Å². The predicted octanol–water partition coefficient (Wildman–Crippen LogP) is 3.13. The molecule has 0 heterocycles. The fourth-order valence-corrected chi connectivity index (χ4v) is 1.45. The molecule has 4 heteroatoms. The Hall–Kier alpha value is -1.13. The van der Waals surface area contributed by atoms with Gasteiger partial charge in [0.05, 0.1) is 6.10 Å². The molecule has 0 saturated carbocycles.